The zero-order chi connectivity index (χ0) is 52.7. The van der Waals surface area contributed by atoms with Crippen LogP contribution in [0, 0.1) is 0 Å². The zero-order valence-electron chi connectivity index (χ0n) is 50.5. The fourth-order valence-corrected chi connectivity index (χ4v) is 11.3. The molecule has 2 atom stereocenters. The Bertz CT molecular complexity index is 1030. The van der Waals surface area contributed by atoms with Gasteiger partial charge in [-0.3, -0.25) is 4.79 Å². The molecular formula is C69H137NO3. The third-order valence-electron chi connectivity index (χ3n) is 16.5. The Labute approximate surface area is 460 Å². The highest BCUT2D eigenvalue weighted by Crippen LogP contribution is 2.20. The molecule has 4 heteroatoms. The Hall–Kier alpha value is -0.870. The summed E-state index contributed by atoms with van der Waals surface area (Å²) in [6.07, 6.45) is 87.4. The van der Waals surface area contributed by atoms with Crippen molar-refractivity contribution in [2.75, 3.05) is 6.61 Å². The highest BCUT2D eigenvalue weighted by molar-refractivity contribution is 5.76. The first-order valence-corrected chi connectivity index (χ1v) is 34.4. The van der Waals surface area contributed by atoms with Gasteiger partial charge in [0.25, 0.3) is 0 Å². The van der Waals surface area contributed by atoms with Crippen molar-refractivity contribution in [3.63, 3.8) is 0 Å². The zero-order valence-corrected chi connectivity index (χ0v) is 50.5. The van der Waals surface area contributed by atoms with Gasteiger partial charge < -0.3 is 15.5 Å². The molecule has 0 radical (unpaired) electrons. The van der Waals surface area contributed by atoms with E-state index in [1.807, 2.05) is 6.08 Å². The Morgan fingerprint density at radius 1 is 0.315 bits per heavy atom. The number of rotatable bonds is 65. The molecule has 0 heterocycles. The molecule has 3 N–H and O–H groups in total. The average molecular weight is 1030 g/mol. The predicted molar refractivity (Wildman–Crippen MR) is 327 cm³/mol. The lowest BCUT2D eigenvalue weighted by molar-refractivity contribution is -0.123. The van der Waals surface area contributed by atoms with Gasteiger partial charge in [0.2, 0.25) is 5.91 Å². The SMILES string of the molecule is CCCCCCCCCCCCCCCCCCCCCC/C=C/C(O)C(CO)NC(=O)CCCCCCCCCCCCCCCCCCCCCCCCCCCCCCCCCCCCCCCCC. The monoisotopic (exact) mass is 1030 g/mol. The van der Waals surface area contributed by atoms with Crippen LogP contribution in [0.25, 0.3) is 0 Å². The number of carbonyl (C=O) groups excluding carboxylic acids is 1. The second-order valence-electron chi connectivity index (χ2n) is 24.0. The Kier molecular flexibility index (Phi) is 64.6. The molecule has 4 nitrogen and oxygen atoms in total. The van der Waals surface area contributed by atoms with E-state index in [2.05, 4.69) is 19.2 Å². The third kappa shape index (κ3) is 61.9. The maximum absolute atomic E-state index is 12.5. The van der Waals surface area contributed by atoms with Crippen molar-refractivity contribution in [3.8, 4) is 0 Å². The van der Waals surface area contributed by atoms with Crippen molar-refractivity contribution in [1.29, 1.82) is 0 Å². The van der Waals surface area contributed by atoms with E-state index in [0.29, 0.717) is 6.42 Å². The van der Waals surface area contributed by atoms with E-state index in [1.165, 1.54) is 360 Å². The van der Waals surface area contributed by atoms with Gasteiger partial charge in [-0.2, -0.15) is 0 Å². The van der Waals surface area contributed by atoms with Crippen LogP contribution >= 0.6 is 0 Å². The molecule has 1 amide bonds. The molecule has 0 aliphatic rings. The minimum absolute atomic E-state index is 0.0536. The van der Waals surface area contributed by atoms with Crippen LogP contribution in [0.1, 0.15) is 406 Å². The lowest BCUT2D eigenvalue weighted by Gasteiger charge is -2.20. The molecule has 0 spiro atoms. The van der Waals surface area contributed by atoms with Gasteiger partial charge >= 0.3 is 0 Å². The lowest BCUT2D eigenvalue weighted by Crippen LogP contribution is -2.45. The van der Waals surface area contributed by atoms with Gasteiger partial charge in [-0.1, -0.05) is 392 Å². The first-order chi connectivity index (χ1) is 36.2. The highest BCUT2D eigenvalue weighted by atomic mass is 16.3. The molecule has 0 fully saturated rings. The largest absolute Gasteiger partial charge is 0.394 e. The van der Waals surface area contributed by atoms with Gasteiger partial charge in [-0.25, -0.2) is 0 Å². The number of nitrogens with one attached hydrogen (secondary N) is 1. The molecule has 2 unspecified atom stereocenters. The minimum atomic E-state index is -0.836. The van der Waals surface area contributed by atoms with E-state index in [4.69, 9.17) is 0 Å². The van der Waals surface area contributed by atoms with Gasteiger partial charge in [-0.15, -0.1) is 0 Å². The minimum Gasteiger partial charge on any atom is -0.394 e. The van der Waals surface area contributed by atoms with E-state index in [1.54, 1.807) is 6.08 Å². The van der Waals surface area contributed by atoms with Gasteiger partial charge in [0.15, 0.2) is 0 Å². The maximum Gasteiger partial charge on any atom is 0.220 e. The molecule has 0 rings (SSSR count). The number of unbranched alkanes of at least 4 members (excludes halogenated alkanes) is 58. The summed E-state index contributed by atoms with van der Waals surface area (Å²) in [6, 6.07) is -0.619. The van der Waals surface area contributed by atoms with Crippen molar-refractivity contribution in [2.24, 2.45) is 0 Å². The molecule has 0 aromatic rings. The summed E-state index contributed by atoms with van der Waals surface area (Å²) in [6.45, 7) is 4.36. The number of aliphatic hydroxyl groups is 2. The summed E-state index contributed by atoms with van der Waals surface area (Å²) in [5.74, 6) is -0.0536. The van der Waals surface area contributed by atoms with Crippen molar-refractivity contribution in [2.45, 2.75) is 418 Å². The van der Waals surface area contributed by atoms with Crippen molar-refractivity contribution in [3.05, 3.63) is 12.2 Å². The molecule has 0 aliphatic heterocycles. The van der Waals surface area contributed by atoms with Crippen LogP contribution in [0.5, 0.6) is 0 Å². The summed E-state index contributed by atoms with van der Waals surface area (Å²) in [5.41, 5.74) is 0. The molecule has 0 aromatic heterocycles. The second kappa shape index (κ2) is 65.4. The topological polar surface area (TPSA) is 69.6 Å². The van der Waals surface area contributed by atoms with Crippen molar-refractivity contribution < 1.29 is 15.0 Å². The van der Waals surface area contributed by atoms with E-state index in [-0.39, 0.29) is 12.5 Å². The maximum atomic E-state index is 12.5. The second-order valence-corrected chi connectivity index (χ2v) is 24.0. The van der Waals surface area contributed by atoms with Gasteiger partial charge in [0.1, 0.15) is 0 Å². The number of aliphatic hydroxyl groups excluding tert-OH is 2. The van der Waals surface area contributed by atoms with Crippen LogP contribution < -0.4 is 5.32 Å². The lowest BCUT2D eigenvalue weighted by atomic mass is 10.0. The quantitative estimate of drug-likeness (QED) is 0.0420. The molecule has 0 saturated carbocycles. The van der Waals surface area contributed by atoms with Gasteiger partial charge in [0.05, 0.1) is 18.8 Å². The summed E-state index contributed by atoms with van der Waals surface area (Å²) >= 11 is 0. The summed E-state index contributed by atoms with van der Waals surface area (Å²) in [4.78, 5) is 12.5. The van der Waals surface area contributed by atoms with Crippen molar-refractivity contribution >= 4 is 5.91 Å². The van der Waals surface area contributed by atoms with Crippen LogP contribution in [-0.2, 0) is 4.79 Å². The van der Waals surface area contributed by atoms with Crippen LogP contribution in [-0.4, -0.2) is 34.9 Å². The molecule has 436 valence electrons. The third-order valence-corrected chi connectivity index (χ3v) is 16.5. The molecular weight excluding hydrogens is 891 g/mol. The van der Waals surface area contributed by atoms with Crippen LogP contribution in [0.2, 0.25) is 0 Å². The molecule has 0 bridgehead atoms. The Morgan fingerprint density at radius 2 is 0.507 bits per heavy atom. The van der Waals surface area contributed by atoms with Gasteiger partial charge in [0, 0.05) is 6.42 Å². The molecule has 73 heavy (non-hydrogen) atoms. The highest BCUT2D eigenvalue weighted by Gasteiger charge is 2.18. The van der Waals surface area contributed by atoms with E-state index in [9.17, 15) is 15.0 Å². The number of hydrogen-bond acceptors (Lipinski definition) is 3. The van der Waals surface area contributed by atoms with Gasteiger partial charge in [-0.05, 0) is 19.3 Å². The first-order valence-electron chi connectivity index (χ1n) is 34.4. The average Bonchev–Trinajstić information content (AvgIpc) is 3.40. The van der Waals surface area contributed by atoms with Crippen LogP contribution in [0.4, 0.5) is 0 Å². The van der Waals surface area contributed by atoms with Crippen LogP contribution in [0.15, 0.2) is 12.2 Å². The Balaban J connectivity index is 3.36. The number of carbonyl (C=O) groups is 1. The standard InChI is InChI=1S/C69H137NO3/c1-3-5-7-9-11-13-15-17-19-21-23-25-27-28-29-30-31-32-33-34-35-36-37-38-39-40-41-42-43-45-47-49-51-53-55-57-59-61-63-65-69(73)70-67(66-71)68(72)64-62-60-58-56-54-52-50-48-46-44-26-24-22-20-18-16-14-12-10-8-6-4-2/h62,64,67-68,71-72H,3-61,63,65-66H2,1-2H3,(H,70,73)/b64-62+. The molecule has 0 aromatic carbocycles. The predicted octanol–water partition coefficient (Wildman–Crippen LogP) is 23.2. The fourth-order valence-electron chi connectivity index (χ4n) is 11.3. The normalized spacial score (nSPS) is 12.7. The Morgan fingerprint density at radius 3 is 0.712 bits per heavy atom. The summed E-state index contributed by atoms with van der Waals surface area (Å²) in [5, 5.41) is 23.3. The van der Waals surface area contributed by atoms with E-state index < -0.39 is 12.1 Å². The number of allylic oxidation sites excluding steroid dienone is 1. The summed E-state index contributed by atoms with van der Waals surface area (Å²) in [7, 11) is 0. The van der Waals surface area contributed by atoms with E-state index >= 15 is 0 Å². The smallest absolute Gasteiger partial charge is 0.220 e. The number of hydrogen-bond donors (Lipinski definition) is 3. The summed E-state index contributed by atoms with van der Waals surface area (Å²) < 4.78 is 0. The fraction of sp³-hybridized carbons (Fsp3) is 0.957. The molecule has 0 saturated heterocycles. The van der Waals surface area contributed by atoms with E-state index in [0.717, 1.165) is 25.7 Å². The van der Waals surface area contributed by atoms with Crippen molar-refractivity contribution in [1.82, 2.24) is 5.32 Å². The first kappa shape index (κ1) is 72.1. The van der Waals surface area contributed by atoms with Crippen LogP contribution in [0.3, 0.4) is 0 Å². The molecule has 0 aliphatic carbocycles. The number of amides is 1.